The highest BCUT2D eigenvalue weighted by Crippen LogP contribution is 2.25. The van der Waals surface area contributed by atoms with Gasteiger partial charge in [0.15, 0.2) is 0 Å². The van der Waals surface area contributed by atoms with Crippen LogP contribution in [-0.2, 0) is 4.79 Å². The molecule has 5 rings (SSSR count). The van der Waals surface area contributed by atoms with Crippen LogP contribution in [0, 0.1) is 5.92 Å². The van der Waals surface area contributed by atoms with Gasteiger partial charge >= 0.3 is 11.8 Å². The van der Waals surface area contributed by atoms with Crippen LogP contribution in [0.5, 0.6) is 0 Å². The fraction of sp³-hybridized carbons (Fsp3) is 0.385. The zero-order valence-electron chi connectivity index (χ0n) is 19.8. The SMILES string of the molecule is CC1CCN(c2ccc(-c3noc(C(=O)N4CCN(C(=O)/C=C/c5cccs5)CC4)n3)cc2)CC1. The van der Waals surface area contributed by atoms with Crippen molar-refractivity contribution in [3.8, 4) is 11.4 Å². The maximum Gasteiger partial charge on any atom is 0.316 e. The van der Waals surface area contributed by atoms with Crippen LogP contribution in [0.25, 0.3) is 17.5 Å². The largest absolute Gasteiger partial charge is 0.372 e. The average Bonchev–Trinajstić information content (AvgIpc) is 3.60. The van der Waals surface area contributed by atoms with Gasteiger partial charge in [-0.15, -0.1) is 11.3 Å². The topological polar surface area (TPSA) is 82.8 Å². The van der Waals surface area contributed by atoms with Gasteiger partial charge in [0.2, 0.25) is 11.7 Å². The second kappa shape index (κ2) is 10.4. The maximum atomic E-state index is 12.9. The number of carbonyl (C=O) groups is 2. The summed E-state index contributed by atoms with van der Waals surface area (Å²) in [4.78, 5) is 36.5. The van der Waals surface area contributed by atoms with E-state index in [1.165, 1.54) is 18.5 Å². The van der Waals surface area contributed by atoms with Crippen molar-refractivity contribution in [1.82, 2.24) is 19.9 Å². The summed E-state index contributed by atoms with van der Waals surface area (Å²) in [6, 6.07) is 12.0. The molecular weight excluding hydrogens is 462 g/mol. The van der Waals surface area contributed by atoms with Crippen LogP contribution >= 0.6 is 11.3 Å². The Bertz CT molecular complexity index is 1170. The van der Waals surface area contributed by atoms with Crippen molar-refractivity contribution < 1.29 is 14.1 Å². The lowest BCUT2D eigenvalue weighted by Gasteiger charge is -2.33. The minimum Gasteiger partial charge on any atom is -0.372 e. The Labute approximate surface area is 208 Å². The molecule has 2 amide bonds. The summed E-state index contributed by atoms with van der Waals surface area (Å²) >= 11 is 1.59. The third-order valence-electron chi connectivity index (χ3n) is 6.70. The van der Waals surface area contributed by atoms with Gasteiger partial charge in [0.1, 0.15) is 0 Å². The molecule has 4 heterocycles. The first-order chi connectivity index (χ1) is 17.1. The number of benzene rings is 1. The third-order valence-corrected chi connectivity index (χ3v) is 7.53. The summed E-state index contributed by atoms with van der Waals surface area (Å²) in [5, 5.41) is 6.00. The molecule has 2 aliphatic rings. The molecule has 2 fully saturated rings. The molecule has 0 N–H and O–H groups in total. The molecule has 35 heavy (non-hydrogen) atoms. The Hall–Kier alpha value is -3.46. The smallest absolute Gasteiger partial charge is 0.316 e. The molecule has 0 radical (unpaired) electrons. The summed E-state index contributed by atoms with van der Waals surface area (Å²) < 4.78 is 5.29. The molecule has 0 saturated carbocycles. The van der Waals surface area contributed by atoms with E-state index < -0.39 is 0 Å². The first kappa shape index (κ1) is 23.3. The van der Waals surface area contributed by atoms with Crippen molar-refractivity contribution in [3.63, 3.8) is 0 Å². The van der Waals surface area contributed by atoms with Crippen LogP contribution in [0.2, 0.25) is 0 Å². The maximum absolute atomic E-state index is 12.9. The van der Waals surface area contributed by atoms with E-state index in [0.29, 0.717) is 32.0 Å². The Kier molecular flexibility index (Phi) is 6.94. The normalized spacial score (nSPS) is 17.3. The van der Waals surface area contributed by atoms with Gasteiger partial charge in [0.05, 0.1) is 0 Å². The average molecular weight is 492 g/mol. The lowest BCUT2D eigenvalue weighted by molar-refractivity contribution is -0.127. The zero-order chi connectivity index (χ0) is 24.2. The standard InChI is InChI=1S/C26H29N5O3S/c1-19-10-12-29(13-11-19)21-6-4-20(5-7-21)24-27-25(34-28-24)26(33)31-16-14-30(15-17-31)23(32)9-8-22-3-2-18-35-22/h2-9,18-19H,10-17H2,1H3/b9-8+. The van der Waals surface area contributed by atoms with Gasteiger partial charge in [0, 0.05) is 61.5 Å². The number of amides is 2. The molecule has 8 nitrogen and oxygen atoms in total. The lowest BCUT2D eigenvalue weighted by Crippen LogP contribution is -2.50. The highest BCUT2D eigenvalue weighted by molar-refractivity contribution is 7.10. The summed E-state index contributed by atoms with van der Waals surface area (Å²) in [6.07, 6.45) is 5.84. The van der Waals surface area contributed by atoms with E-state index in [1.54, 1.807) is 27.2 Å². The molecule has 9 heteroatoms. The fourth-order valence-electron chi connectivity index (χ4n) is 4.43. The van der Waals surface area contributed by atoms with Crippen LogP contribution in [0.1, 0.15) is 35.3 Å². The Balaban J connectivity index is 1.16. The number of piperidine rings is 1. The van der Waals surface area contributed by atoms with E-state index >= 15 is 0 Å². The first-order valence-corrected chi connectivity index (χ1v) is 12.9. The van der Waals surface area contributed by atoms with Crippen LogP contribution in [-0.4, -0.2) is 71.0 Å². The molecule has 0 spiro atoms. The van der Waals surface area contributed by atoms with E-state index in [-0.39, 0.29) is 17.7 Å². The van der Waals surface area contributed by atoms with E-state index in [2.05, 4.69) is 34.1 Å². The third kappa shape index (κ3) is 5.45. The quantitative estimate of drug-likeness (QED) is 0.501. The number of hydrogen-bond acceptors (Lipinski definition) is 7. The van der Waals surface area contributed by atoms with Crippen molar-refractivity contribution in [2.45, 2.75) is 19.8 Å². The number of anilines is 1. The molecule has 0 atom stereocenters. The van der Waals surface area contributed by atoms with Gasteiger partial charge < -0.3 is 19.2 Å². The van der Waals surface area contributed by atoms with Crippen LogP contribution in [0.15, 0.2) is 52.4 Å². The van der Waals surface area contributed by atoms with Gasteiger partial charge in [-0.2, -0.15) is 4.98 Å². The summed E-state index contributed by atoms with van der Waals surface area (Å²) in [5.41, 5.74) is 2.01. The highest BCUT2D eigenvalue weighted by atomic mass is 32.1. The molecule has 0 bridgehead atoms. The summed E-state index contributed by atoms with van der Waals surface area (Å²) in [6.45, 7) is 6.25. The number of thiophene rings is 1. The number of piperazine rings is 1. The van der Waals surface area contributed by atoms with E-state index in [9.17, 15) is 9.59 Å². The lowest BCUT2D eigenvalue weighted by atomic mass is 9.98. The molecule has 2 aliphatic heterocycles. The van der Waals surface area contributed by atoms with Crippen molar-refractivity contribution in [3.05, 3.63) is 58.6 Å². The number of rotatable bonds is 5. The molecule has 2 aromatic heterocycles. The number of nitrogens with zero attached hydrogens (tertiary/aromatic N) is 5. The molecule has 0 unspecified atom stereocenters. The first-order valence-electron chi connectivity index (χ1n) is 12.1. The van der Waals surface area contributed by atoms with E-state index in [0.717, 1.165) is 29.4 Å². The van der Waals surface area contributed by atoms with Gasteiger partial charge in [-0.3, -0.25) is 9.59 Å². The monoisotopic (exact) mass is 491 g/mol. The van der Waals surface area contributed by atoms with Crippen LogP contribution in [0.3, 0.4) is 0 Å². The predicted molar refractivity (Wildman–Crippen MR) is 136 cm³/mol. The van der Waals surface area contributed by atoms with Gasteiger partial charge in [-0.05, 0) is 60.5 Å². The van der Waals surface area contributed by atoms with Crippen molar-refractivity contribution in [2.24, 2.45) is 5.92 Å². The van der Waals surface area contributed by atoms with Crippen molar-refractivity contribution in [2.75, 3.05) is 44.2 Å². The number of aromatic nitrogens is 2. The molecule has 3 aromatic rings. The zero-order valence-corrected chi connectivity index (χ0v) is 20.6. The van der Waals surface area contributed by atoms with Crippen molar-refractivity contribution >= 4 is 34.9 Å². The molecule has 2 saturated heterocycles. The Morgan fingerprint density at radius 3 is 2.40 bits per heavy atom. The summed E-state index contributed by atoms with van der Waals surface area (Å²) in [5.74, 6) is 0.820. The Morgan fingerprint density at radius 2 is 1.71 bits per heavy atom. The predicted octanol–water partition coefficient (Wildman–Crippen LogP) is 4.03. The van der Waals surface area contributed by atoms with Crippen molar-refractivity contribution in [1.29, 1.82) is 0 Å². The van der Waals surface area contributed by atoms with Gasteiger partial charge in [-0.25, -0.2) is 0 Å². The number of hydrogen-bond donors (Lipinski definition) is 0. The van der Waals surface area contributed by atoms with Crippen LogP contribution in [0.4, 0.5) is 5.69 Å². The van der Waals surface area contributed by atoms with Gasteiger partial charge in [-0.1, -0.05) is 18.1 Å². The molecule has 0 aliphatic carbocycles. The fourth-order valence-corrected chi connectivity index (χ4v) is 5.04. The van der Waals surface area contributed by atoms with E-state index in [4.69, 9.17) is 4.52 Å². The second-order valence-corrected chi connectivity index (χ2v) is 10.1. The molecule has 182 valence electrons. The molecular formula is C26H29N5O3S. The minimum atomic E-state index is -0.302. The highest BCUT2D eigenvalue weighted by Gasteiger charge is 2.27. The van der Waals surface area contributed by atoms with Gasteiger partial charge in [0.25, 0.3) is 0 Å². The second-order valence-electron chi connectivity index (χ2n) is 9.11. The van der Waals surface area contributed by atoms with E-state index in [1.807, 2.05) is 35.7 Å². The molecule has 1 aromatic carbocycles. The summed E-state index contributed by atoms with van der Waals surface area (Å²) in [7, 11) is 0. The number of carbonyl (C=O) groups excluding carboxylic acids is 2. The minimum absolute atomic E-state index is 0.0218. The van der Waals surface area contributed by atoms with Crippen LogP contribution < -0.4 is 4.90 Å². The Morgan fingerprint density at radius 1 is 1.00 bits per heavy atom.